The quantitative estimate of drug-likeness (QED) is 0.521. The fraction of sp³-hybridized carbons (Fsp3) is 1.00. The van der Waals surface area contributed by atoms with Gasteiger partial charge in [-0.15, -0.1) is 0 Å². The van der Waals surface area contributed by atoms with Crippen LogP contribution in [0.3, 0.4) is 0 Å². The van der Waals surface area contributed by atoms with Crippen LogP contribution in [0.2, 0.25) is 0 Å². The van der Waals surface area contributed by atoms with Crippen LogP contribution in [-0.2, 0) is 14.0 Å². The maximum Gasteiger partial charge on any atom is 0.197 e. The molecule has 92 valence electrons. The predicted octanol–water partition coefficient (Wildman–Crippen LogP) is 2.41. The first kappa shape index (κ1) is 15.1. The molecule has 4 nitrogen and oxygen atoms in total. The minimum Gasteiger partial charge on any atom is -0.350 e. The molecule has 0 aromatic heterocycles. The van der Waals surface area contributed by atoms with Crippen molar-refractivity contribution in [3.8, 4) is 0 Å². The summed E-state index contributed by atoms with van der Waals surface area (Å²) in [6, 6.07) is 0. The lowest BCUT2D eigenvalue weighted by atomic mass is 10.1. The molecule has 0 aliphatic heterocycles. The molecule has 0 bridgehead atoms. The van der Waals surface area contributed by atoms with E-state index >= 15 is 0 Å². The standard InChI is InChI=1S/C10H23O4P/c1-5-8-9(15(11)12)10(4,13-6-2)14-7-3/h9,15H,5-8H2,1-4H3,(H,11,12). The zero-order valence-corrected chi connectivity index (χ0v) is 11.1. The minimum absolute atomic E-state index is 0.424. The third kappa shape index (κ3) is 4.64. The van der Waals surface area contributed by atoms with Crippen LogP contribution in [0.5, 0.6) is 0 Å². The van der Waals surface area contributed by atoms with Gasteiger partial charge in [-0.25, -0.2) is 0 Å². The highest BCUT2D eigenvalue weighted by Gasteiger charge is 2.38. The Morgan fingerprint density at radius 2 is 1.73 bits per heavy atom. The van der Waals surface area contributed by atoms with E-state index in [1.54, 1.807) is 6.92 Å². The maximum atomic E-state index is 11.3. The van der Waals surface area contributed by atoms with E-state index in [0.29, 0.717) is 19.6 Å². The number of hydrogen-bond acceptors (Lipinski definition) is 3. The van der Waals surface area contributed by atoms with Crippen LogP contribution in [-0.4, -0.2) is 29.6 Å². The SMILES string of the molecule is CCCC([PH](=O)O)C(C)(OCC)OCC. The number of hydrogen-bond donors (Lipinski definition) is 1. The molecule has 0 saturated carbocycles. The summed E-state index contributed by atoms with van der Waals surface area (Å²) in [6.45, 7) is 8.40. The molecular formula is C10H23O4P. The molecule has 0 amide bonds. The molecule has 0 fully saturated rings. The van der Waals surface area contributed by atoms with Crippen LogP contribution in [0.4, 0.5) is 0 Å². The van der Waals surface area contributed by atoms with E-state index in [-0.39, 0.29) is 0 Å². The number of rotatable bonds is 8. The van der Waals surface area contributed by atoms with Crippen LogP contribution in [0, 0.1) is 0 Å². The Morgan fingerprint density at radius 3 is 2.00 bits per heavy atom. The summed E-state index contributed by atoms with van der Waals surface area (Å²) in [4.78, 5) is 9.32. The largest absolute Gasteiger partial charge is 0.350 e. The molecular weight excluding hydrogens is 215 g/mol. The molecule has 0 heterocycles. The molecule has 0 radical (unpaired) electrons. The Kier molecular flexibility index (Phi) is 7.45. The van der Waals surface area contributed by atoms with E-state index in [1.807, 2.05) is 20.8 Å². The molecule has 0 spiro atoms. The van der Waals surface area contributed by atoms with E-state index in [1.165, 1.54) is 0 Å². The fourth-order valence-corrected chi connectivity index (χ4v) is 2.87. The van der Waals surface area contributed by atoms with Gasteiger partial charge >= 0.3 is 0 Å². The first-order valence-electron chi connectivity index (χ1n) is 5.52. The van der Waals surface area contributed by atoms with Gasteiger partial charge in [0.05, 0.1) is 5.66 Å². The van der Waals surface area contributed by atoms with E-state index in [2.05, 4.69) is 0 Å². The van der Waals surface area contributed by atoms with Crippen LogP contribution in [0.15, 0.2) is 0 Å². The van der Waals surface area contributed by atoms with Crippen molar-refractivity contribution in [3.63, 3.8) is 0 Å². The monoisotopic (exact) mass is 238 g/mol. The molecule has 2 unspecified atom stereocenters. The van der Waals surface area contributed by atoms with Gasteiger partial charge in [-0.2, -0.15) is 0 Å². The Bertz CT molecular complexity index is 190. The average Bonchev–Trinajstić information content (AvgIpc) is 2.14. The van der Waals surface area contributed by atoms with Gasteiger partial charge < -0.3 is 14.4 Å². The highest BCUT2D eigenvalue weighted by Crippen LogP contribution is 2.38. The summed E-state index contributed by atoms with van der Waals surface area (Å²) in [5, 5.41) is 0. The van der Waals surface area contributed by atoms with Crippen molar-refractivity contribution in [2.75, 3.05) is 13.2 Å². The lowest BCUT2D eigenvalue weighted by molar-refractivity contribution is -0.222. The van der Waals surface area contributed by atoms with Crippen molar-refractivity contribution in [2.45, 2.75) is 52.0 Å². The summed E-state index contributed by atoms with van der Waals surface area (Å²) >= 11 is 0. The second-order valence-corrected chi connectivity index (χ2v) is 4.93. The molecule has 15 heavy (non-hydrogen) atoms. The topological polar surface area (TPSA) is 55.8 Å². The van der Waals surface area contributed by atoms with Gasteiger partial charge in [0, 0.05) is 13.2 Å². The molecule has 5 heteroatoms. The molecule has 0 saturated heterocycles. The van der Waals surface area contributed by atoms with Gasteiger partial charge in [0.15, 0.2) is 13.8 Å². The van der Waals surface area contributed by atoms with Gasteiger partial charge in [0.1, 0.15) is 0 Å². The average molecular weight is 238 g/mol. The maximum absolute atomic E-state index is 11.3. The van der Waals surface area contributed by atoms with Gasteiger partial charge in [0.2, 0.25) is 0 Å². The van der Waals surface area contributed by atoms with E-state index in [9.17, 15) is 9.46 Å². The molecule has 0 aliphatic rings. The van der Waals surface area contributed by atoms with Crippen LogP contribution < -0.4 is 0 Å². The predicted molar refractivity (Wildman–Crippen MR) is 61.6 cm³/mol. The van der Waals surface area contributed by atoms with Crippen LogP contribution in [0.1, 0.15) is 40.5 Å². The second-order valence-electron chi connectivity index (χ2n) is 3.56. The third-order valence-electron chi connectivity index (χ3n) is 2.37. The molecule has 1 N–H and O–H groups in total. The van der Waals surface area contributed by atoms with Gasteiger partial charge in [-0.05, 0) is 27.2 Å². The fourth-order valence-electron chi connectivity index (χ4n) is 1.71. The van der Waals surface area contributed by atoms with E-state index < -0.39 is 19.5 Å². The second kappa shape index (κ2) is 7.39. The molecule has 0 aromatic carbocycles. The molecule has 0 aromatic rings. The normalized spacial score (nSPS) is 16.3. The Labute approximate surface area is 92.8 Å². The van der Waals surface area contributed by atoms with Gasteiger partial charge in [0.25, 0.3) is 0 Å². The van der Waals surface area contributed by atoms with Crippen LogP contribution in [0.25, 0.3) is 0 Å². The van der Waals surface area contributed by atoms with Crippen molar-refractivity contribution in [2.24, 2.45) is 0 Å². The lowest BCUT2D eigenvalue weighted by Crippen LogP contribution is -2.43. The minimum atomic E-state index is -2.64. The zero-order valence-electron chi connectivity index (χ0n) is 10.1. The third-order valence-corrected chi connectivity index (χ3v) is 3.78. The molecule has 0 aliphatic carbocycles. The van der Waals surface area contributed by atoms with E-state index in [0.717, 1.165) is 6.42 Å². The van der Waals surface area contributed by atoms with E-state index in [4.69, 9.17) is 9.47 Å². The van der Waals surface area contributed by atoms with Crippen molar-refractivity contribution < 1.29 is 18.9 Å². The van der Waals surface area contributed by atoms with Crippen molar-refractivity contribution >= 4 is 8.03 Å². The first-order chi connectivity index (χ1) is 7.01. The summed E-state index contributed by atoms with van der Waals surface area (Å²) < 4.78 is 22.3. The van der Waals surface area contributed by atoms with Crippen molar-refractivity contribution in [1.29, 1.82) is 0 Å². The first-order valence-corrected chi connectivity index (χ1v) is 6.95. The lowest BCUT2D eigenvalue weighted by Gasteiger charge is -2.35. The summed E-state index contributed by atoms with van der Waals surface area (Å²) in [6.07, 6.45) is 1.49. The summed E-state index contributed by atoms with van der Waals surface area (Å²) in [7, 11) is -2.64. The van der Waals surface area contributed by atoms with Gasteiger partial charge in [-0.1, -0.05) is 13.3 Å². The summed E-state index contributed by atoms with van der Waals surface area (Å²) in [5.74, 6) is -0.926. The number of ether oxygens (including phenoxy) is 2. The van der Waals surface area contributed by atoms with Crippen LogP contribution >= 0.6 is 8.03 Å². The van der Waals surface area contributed by atoms with Gasteiger partial charge in [-0.3, -0.25) is 4.57 Å². The Balaban J connectivity index is 4.72. The smallest absolute Gasteiger partial charge is 0.197 e. The Hall–Kier alpha value is 0.110. The highest BCUT2D eigenvalue weighted by atomic mass is 31.1. The molecule has 2 atom stereocenters. The van der Waals surface area contributed by atoms with Crippen molar-refractivity contribution in [1.82, 2.24) is 0 Å². The zero-order chi connectivity index (χ0) is 11.9. The molecule has 0 rings (SSSR count). The summed E-state index contributed by atoms with van der Waals surface area (Å²) in [5.41, 5.74) is -0.424. The highest BCUT2D eigenvalue weighted by molar-refractivity contribution is 7.39. The Morgan fingerprint density at radius 1 is 1.27 bits per heavy atom. The van der Waals surface area contributed by atoms with Crippen molar-refractivity contribution in [3.05, 3.63) is 0 Å².